The highest BCUT2D eigenvalue weighted by Gasteiger charge is 2.36. The Balaban J connectivity index is 2.71. The van der Waals surface area contributed by atoms with Crippen molar-refractivity contribution in [3.8, 4) is 0 Å². The molecule has 0 radical (unpaired) electrons. The zero-order valence-corrected chi connectivity index (χ0v) is 17.0. The number of rotatable bonds is 8. The van der Waals surface area contributed by atoms with Crippen LogP contribution in [0.5, 0.6) is 0 Å². The van der Waals surface area contributed by atoms with Gasteiger partial charge in [-0.1, -0.05) is 6.58 Å². The highest BCUT2D eigenvalue weighted by molar-refractivity contribution is 5.87. The van der Waals surface area contributed by atoms with Gasteiger partial charge in [-0.15, -0.1) is 0 Å². The van der Waals surface area contributed by atoms with Gasteiger partial charge in [-0.3, -0.25) is 4.79 Å². The first kappa shape index (κ1) is 22.6. The number of hydrogen-bond acceptors (Lipinski definition) is 6. The Morgan fingerprint density at radius 2 is 1.85 bits per heavy atom. The molecule has 0 aromatic heterocycles. The molecule has 1 fully saturated rings. The smallest absolute Gasteiger partial charge is 0.333 e. The molecule has 0 heterocycles. The lowest BCUT2D eigenvalue weighted by molar-refractivity contribution is -0.203. The molecule has 4 unspecified atom stereocenters. The fourth-order valence-corrected chi connectivity index (χ4v) is 3.02. The van der Waals surface area contributed by atoms with E-state index in [2.05, 4.69) is 6.58 Å². The molecule has 6 nitrogen and oxygen atoms in total. The molecule has 150 valence electrons. The first-order valence-electron chi connectivity index (χ1n) is 9.37. The molecule has 26 heavy (non-hydrogen) atoms. The Bertz CT molecular complexity index is 493. The maximum absolute atomic E-state index is 12.1. The summed E-state index contributed by atoms with van der Waals surface area (Å²) in [6.45, 7) is 15.1. The van der Waals surface area contributed by atoms with Gasteiger partial charge < -0.3 is 18.9 Å². The molecule has 0 saturated heterocycles. The quantitative estimate of drug-likeness (QED) is 0.368. The fourth-order valence-electron chi connectivity index (χ4n) is 3.02. The van der Waals surface area contributed by atoms with E-state index >= 15 is 0 Å². The van der Waals surface area contributed by atoms with Crippen LogP contribution in [-0.4, -0.2) is 42.6 Å². The van der Waals surface area contributed by atoms with E-state index in [0.29, 0.717) is 31.4 Å². The van der Waals surface area contributed by atoms with Crippen LogP contribution in [0.3, 0.4) is 0 Å². The molecule has 0 N–H and O–H groups in total. The number of carbonyl (C=O) groups excluding carboxylic acids is 2. The molecule has 0 aromatic carbocycles. The van der Waals surface area contributed by atoms with Crippen LogP contribution in [0.15, 0.2) is 12.2 Å². The van der Waals surface area contributed by atoms with E-state index in [1.54, 1.807) is 6.92 Å². The molecule has 6 heteroatoms. The van der Waals surface area contributed by atoms with Crippen molar-refractivity contribution in [2.75, 3.05) is 6.61 Å². The van der Waals surface area contributed by atoms with Gasteiger partial charge in [0.15, 0.2) is 6.29 Å². The van der Waals surface area contributed by atoms with Crippen molar-refractivity contribution in [3.63, 3.8) is 0 Å². The highest BCUT2D eigenvalue weighted by Crippen LogP contribution is 2.32. The van der Waals surface area contributed by atoms with Gasteiger partial charge in [-0.2, -0.15) is 0 Å². The summed E-state index contributed by atoms with van der Waals surface area (Å²) in [6.07, 6.45) is 1.27. The minimum Gasteiger partial charge on any atom is -0.460 e. The van der Waals surface area contributed by atoms with Crippen LogP contribution < -0.4 is 0 Å². The van der Waals surface area contributed by atoms with Crippen molar-refractivity contribution in [3.05, 3.63) is 12.2 Å². The van der Waals surface area contributed by atoms with E-state index in [9.17, 15) is 9.59 Å². The van der Waals surface area contributed by atoms with Crippen molar-refractivity contribution in [1.82, 2.24) is 0 Å². The van der Waals surface area contributed by atoms with Gasteiger partial charge in [-0.25, -0.2) is 4.79 Å². The lowest BCUT2D eigenvalue weighted by atomic mass is 9.83. The Morgan fingerprint density at radius 3 is 2.38 bits per heavy atom. The summed E-state index contributed by atoms with van der Waals surface area (Å²) < 4.78 is 22.4. The number of hydrogen-bond donors (Lipinski definition) is 0. The zero-order chi connectivity index (χ0) is 19.9. The molecule has 0 aliphatic heterocycles. The summed E-state index contributed by atoms with van der Waals surface area (Å²) in [5.41, 5.74) is -0.137. The van der Waals surface area contributed by atoms with Gasteiger partial charge >= 0.3 is 11.9 Å². The average molecular weight is 370 g/mol. The Hall–Kier alpha value is -1.40. The van der Waals surface area contributed by atoms with Crippen LogP contribution in [0.1, 0.15) is 67.2 Å². The summed E-state index contributed by atoms with van der Waals surface area (Å²) >= 11 is 0. The van der Waals surface area contributed by atoms with Crippen molar-refractivity contribution < 1.29 is 28.5 Å². The first-order chi connectivity index (χ1) is 12.0. The third-order valence-electron chi connectivity index (χ3n) is 4.09. The average Bonchev–Trinajstić information content (AvgIpc) is 2.47. The lowest BCUT2D eigenvalue weighted by Crippen LogP contribution is -2.42. The maximum atomic E-state index is 12.1. The normalized spacial score (nSPS) is 24.6. The van der Waals surface area contributed by atoms with Crippen LogP contribution in [0.4, 0.5) is 0 Å². The molecule has 0 amide bonds. The molecule has 1 aliphatic carbocycles. The second kappa shape index (κ2) is 10.1. The van der Waals surface area contributed by atoms with Gasteiger partial charge in [0, 0.05) is 18.6 Å². The van der Waals surface area contributed by atoms with Gasteiger partial charge in [-0.05, 0) is 66.7 Å². The maximum Gasteiger partial charge on any atom is 0.333 e. The summed E-state index contributed by atoms with van der Waals surface area (Å²) in [6, 6.07) is 0. The van der Waals surface area contributed by atoms with E-state index in [1.165, 1.54) is 0 Å². The molecule has 0 aromatic rings. The first-order valence-corrected chi connectivity index (χ1v) is 9.37. The van der Waals surface area contributed by atoms with E-state index in [0.717, 1.165) is 6.42 Å². The van der Waals surface area contributed by atoms with E-state index in [4.69, 9.17) is 18.9 Å². The van der Waals surface area contributed by atoms with E-state index in [1.807, 2.05) is 34.6 Å². The van der Waals surface area contributed by atoms with Crippen LogP contribution in [-0.2, 0) is 28.5 Å². The number of esters is 2. The molecular formula is C20H34O6. The number of ether oxygens (including phenoxy) is 4. The second-order valence-electron chi connectivity index (χ2n) is 7.89. The van der Waals surface area contributed by atoms with Crippen molar-refractivity contribution in [2.45, 2.75) is 91.3 Å². The summed E-state index contributed by atoms with van der Waals surface area (Å²) in [7, 11) is 0. The summed E-state index contributed by atoms with van der Waals surface area (Å²) in [5, 5.41) is 0. The monoisotopic (exact) mass is 370 g/mol. The van der Waals surface area contributed by atoms with Gasteiger partial charge in [0.2, 0.25) is 0 Å². The highest BCUT2D eigenvalue weighted by atomic mass is 16.7. The number of carbonyl (C=O) groups is 2. The van der Waals surface area contributed by atoms with Gasteiger partial charge in [0.05, 0.1) is 6.10 Å². The van der Waals surface area contributed by atoms with E-state index in [-0.39, 0.29) is 24.1 Å². The standard InChI is InChI=1S/C20H34O6/c1-8-23-14(4)24-17-11-15(12-18(21)26-20(5,6)7)9-10-16(17)25-19(22)13(2)3/h14-17H,2,8-12H2,1,3-7H3. The van der Waals surface area contributed by atoms with Crippen molar-refractivity contribution in [1.29, 1.82) is 0 Å². The topological polar surface area (TPSA) is 71.1 Å². The zero-order valence-electron chi connectivity index (χ0n) is 17.0. The third-order valence-corrected chi connectivity index (χ3v) is 4.09. The SMILES string of the molecule is C=C(C)C(=O)OC1CCC(CC(=O)OC(C)(C)C)CC1OC(C)OCC. The second-order valence-corrected chi connectivity index (χ2v) is 7.89. The molecule has 0 spiro atoms. The fraction of sp³-hybridized carbons (Fsp3) is 0.800. The predicted molar refractivity (Wildman–Crippen MR) is 98.5 cm³/mol. The molecule has 0 bridgehead atoms. The van der Waals surface area contributed by atoms with Gasteiger partial charge in [0.1, 0.15) is 11.7 Å². The Labute approximate surface area is 157 Å². The molecule has 1 aliphatic rings. The minimum absolute atomic E-state index is 0.128. The molecule has 4 atom stereocenters. The van der Waals surface area contributed by atoms with Crippen LogP contribution in [0, 0.1) is 5.92 Å². The molecule has 1 saturated carbocycles. The van der Waals surface area contributed by atoms with Crippen LogP contribution in [0.2, 0.25) is 0 Å². The lowest BCUT2D eigenvalue weighted by Gasteiger charge is -2.36. The Morgan fingerprint density at radius 1 is 1.19 bits per heavy atom. The van der Waals surface area contributed by atoms with Crippen LogP contribution >= 0.6 is 0 Å². The van der Waals surface area contributed by atoms with Crippen molar-refractivity contribution >= 4 is 11.9 Å². The molecule has 1 rings (SSSR count). The third kappa shape index (κ3) is 8.32. The predicted octanol–water partition coefficient (Wildman–Crippen LogP) is 3.77. The van der Waals surface area contributed by atoms with E-state index < -0.39 is 17.9 Å². The largest absolute Gasteiger partial charge is 0.460 e. The summed E-state index contributed by atoms with van der Waals surface area (Å²) in [5.74, 6) is -0.502. The molecular weight excluding hydrogens is 336 g/mol. The Kier molecular flexibility index (Phi) is 8.77. The van der Waals surface area contributed by atoms with Crippen LogP contribution in [0.25, 0.3) is 0 Å². The summed E-state index contributed by atoms with van der Waals surface area (Å²) in [4.78, 5) is 24.0. The minimum atomic E-state index is -0.495. The van der Waals surface area contributed by atoms with Crippen molar-refractivity contribution in [2.24, 2.45) is 5.92 Å². The van der Waals surface area contributed by atoms with Gasteiger partial charge in [0.25, 0.3) is 0 Å².